The molecule has 3 aromatic rings. The van der Waals surface area contributed by atoms with E-state index < -0.39 is 0 Å². The number of fused-ring (bicyclic) bond motifs is 1. The maximum absolute atomic E-state index is 9.69. The summed E-state index contributed by atoms with van der Waals surface area (Å²) in [5.41, 5.74) is 2.20. The number of para-hydroxylation sites is 2. The molecule has 2 aromatic carbocycles. The number of benzene rings is 2. The van der Waals surface area contributed by atoms with Crippen LogP contribution in [0, 0.1) is 14.9 Å². The number of nitrogens with zero attached hydrogens (tertiary/aromatic N) is 3. The summed E-state index contributed by atoms with van der Waals surface area (Å²) in [6.45, 7) is 8.00. The molecule has 0 amide bonds. The van der Waals surface area contributed by atoms with E-state index in [0.717, 1.165) is 11.0 Å². The number of hydrogen-bond donors (Lipinski definition) is 1. The maximum Gasteiger partial charge on any atom is 0.143 e. The van der Waals surface area contributed by atoms with E-state index in [1.807, 2.05) is 58.0 Å². The second-order valence-electron chi connectivity index (χ2n) is 3.47. The predicted octanol–water partition coefficient (Wildman–Crippen LogP) is 5.08. The van der Waals surface area contributed by atoms with Crippen molar-refractivity contribution in [3.05, 3.63) is 63.4 Å². The van der Waals surface area contributed by atoms with Gasteiger partial charge in [0.25, 0.3) is 0 Å². The van der Waals surface area contributed by atoms with Gasteiger partial charge < -0.3 is 20.0 Å². The molecule has 0 aliphatic heterocycles. The summed E-state index contributed by atoms with van der Waals surface area (Å²) < 4.78 is 0. The Morgan fingerprint density at radius 1 is 0.739 bits per heavy atom. The van der Waals surface area contributed by atoms with Crippen molar-refractivity contribution < 1.29 is 37.8 Å². The largest absolute Gasteiger partial charge is 0.506 e. The van der Waals surface area contributed by atoms with Crippen LogP contribution in [0.15, 0.2) is 48.5 Å². The van der Waals surface area contributed by atoms with E-state index >= 15 is 0 Å². The standard InChI is InChI=1S/C12H9N3O.2C2H6.2CH3.Y/c16-12-8-4-3-7-11(12)15-13-9-5-1-2-6-10(9)14-15;2*1-2;;;/h1-8,16H;2*1-2H3;2*1H3;/q;;;2*-1;. The van der Waals surface area contributed by atoms with E-state index in [-0.39, 0.29) is 53.3 Å². The number of phenolic OH excluding ortho intramolecular Hbond substituents is 1. The maximum atomic E-state index is 9.69. The molecule has 0 aliphatic rings. The van der Waals surface area contributed by atoms with E-state index in [2.05, 4.69) is 10.2 Å². The molecule has 1 heterocycles. The number of hydrogen-bond acceptors (Lipinski definition) is 3. The van der Waals surface area contributed by atoms with E-state index in [0.29, 0.717) is 5.69 Å². The van der Waals surface area contributed by atoms with Crippen molar-refractivity contribution in [2.45, 2.75) is 27.7 Å². The SMILES string of the molecule is CC.CC.Oc1ccccc1-n1nc2ccccc2n1.[CH3-].[CH3-].[Y]. The van der Waals surface area contributed by atoms with Crippen LogP contribution in [0.1, 0.15) is 27.7 Å². The number of phenols is 1. The molecule has 0 fully saturated rings. The summed E-state index contributed by atoms with van der Waals surface area (Å²) >= 11 is 0. The molecule has 1 radical (unpaired) electrons. The van der Waals surface area contributed by atoms with Crippen molar-refractivity contribution in [3.63, 3.8) is 0 Å². The number of aromatic nitrogens is 3. The molecule has 125 valence electrons. The Balaban J connectivity index is -0.000000533. The summed E-state index contributed by atoms with van der Waals surface area (Å²) in [4.78, 5) is 1.44. The van der Waals surface area contributed by atoms with Gasteiger partial charge in [-0.25, -0.2) is 0 Å². The summed E-state index contributed by atoms with van der Waals surface area (Å²) in [7, 11) is 0. The minimum Gasteiger partial charge on any atom is -0.506 e. The zero-order valence-electron chi connectivity index (χ0n) is 15.0. The first-order valence-corrected chi connectivity index (χ1v) is 6.95. The van der Waals surface area contributed by atoms with Crippen molar-refractivity contribution >= 4 is 11.0 Å². The first-order valence-electron chi connectivity index (χ1n) is 6.95. The van der Waals surface area contributed by atoms with Crippen molar-refractivity contribution in [2.75, 3.05) is 0 Å². The van der Waals surface area contributed by atoms with Gasteiger partial charge in [-0.1, -0.05) is 52.0 Å². The molecule has 0 aliphatic carbocycles. The average molecular weight is 390 g/mol. The van der Waals surface area contributed by atoms with Crippen LogP contribution in [-0.4, -0.2) is 20.1 Å². The van der Waals surface area contributed by atoms with Gasteiger partial charge in [0.15, 0.2) is 0 Å². The van der Waals surface area contributed by atoms with E-state index in [1.54, 1.807) is 18.2 Å². The molecule has 3 rings (SSSR count). The molecule has 0 saturated heterocycles. The molecular formula is C18H27N3OY-2. The normalized spacial score (nSPS) is 8.00. The van der Waals surface area contributed by atoms with Gasteiger partial charge in [0.1, 0.15) is 22.5 Å². The van der Waals surface area contributed by atoms with Crippen LogP contribution in [0.5, 0.6) is 5.75 Å². The number of rotatable bonds is 1. The third-order valence-corrected chi connectivity index (χ3v) is 2.38. The fourth-order valence-electron chi connectivity index (χ4n) is 1.60. The quantitative estimate of drug-likeness (QED) is 0.590. The molecule has 4 nitrogen and oxygen atoms in total. The van der Waals surface area contributed by atoms with Gasteiger partial charge in [-0.3, -0.25) is 0 Å². The summed E-state index contributed by atoms with van der Waals surface area (Å²) in [5, 5.41) is 18.3. The molecular weight excluding hydrogens is 363 g/mol. The van der Waals surface area contributed by atoms with Crippen LogP contribution >= 0.6 is 0 Å². The summed E-state index contributed by atoms with van der Waals surface area (Å²) in [6, 6.07) is 14.6. The molecule has 1 aromatic heterocycles. The smallest absolute Gasteiger partial charge is 0.143 e. The number of aromatic hydroxyl groups is 1. The van der Waals surface area contributed by atoms with Crippen LogP contribution in [-0.2, 0) is 32.7 Å². The minimum atomic E-state index is 0. The van der Waals surface area contributed by atoms with Crippen LogP contribution in [0.25, 0.3) is 16.7 Å². The van der Waals surface area contributed by atoms with Crippen molar-refractivity contribution in [3.8, 4) is 11.4 Å². The van der Waals surface area contributed by atoms with Crippen LogP contribution < -0.4 is 0 Å². The summed E-state index contributed by atoms with van der Waals surface area (Å²) in [6.07, 6.45) is 0. The molecule has 1 N–H and O–H groups in total. The van der Waals surface area contributed by atoms with Crippen molar-refractivity contribution in [1.29, 1.82) is 0 Å². The fraction of sp³-hybridized carbons (Fsp3) is 0.222. The van der Waals surface area contributed by atoms with Gasteiger partial charge in [0.05, 0.1) is 0 Å². The third-order valence-electron chi connectivity index (χ3n) is 2.38. The molecule has 23 heavy (non-hydrogen) atoms. The zero-order chi connectivity index (χ0) is 15.0. The van der Waals surface area contributed by atoms with E-state index in [4.69, 9.17) is 0 Å². The van der Waals surface area contributed by atoms with Crippen molar-refractivity contribution in [1.82, 2.24) is 15.0 Å². The Morgan fingerprint density at radius 2 is 1.13 bits per heavy atom. The Kier molecular flexibility index (Phi) is 16.6. The van der Waals surface area contributed by atoms with Gasteiger partial charge in [-0.2, -0.15) is 0 Å². The Morgan fingerprint density at radius 3 is 1.57 bits per heavy atom. The minimum absolute atomic E-state index is 0. The van der Waals surface area contributed by atoms with Crippen LogP contribution in [0.3, 0.4) is 0 Å². The molecule has 0 saturated carbocycles. The molecule has 0 bridgehead atoms. The van der Waals surface area contributed by atoms with Crippen LogP contribution in [0.2, 0.25) is 0 Å². The first kappa shape index (κ1) is 26.6. The molecule has 5 heteroatoms. The monoisotopic (exact) mass is 390 g/mol. The molecule has 0 unspecified atom stereocenters. The van der Waals surface area contributed by atoms with Crippen LogP contribution in [0.4, 0.5) is 0 Å². The average Bonchev–Trinajstić information content (AvgIpc) is 2.95. The van der Waals surface area contributed by atoms with Gasteiger partial charge in [0.2, 0.25) is 0 Å². The Labute approximate surface area is 165 Å². The molecule has 0 atom stereocenters. The van der Waals surface area contributed by atoms with E-state index in [1.165, 1.54) is 4.80 Å². The van der Waals surface area contributed by atoms with Gasteiger partial charge >= 0.3 is 0 Å². The Bertz CT molecular complexity index is 620. The first-order chi connectivity index (χ1) is 9.84. The van der Waals surface area contributed by atoms with Gasteiger partial charge in [0, 0.05) is 32.7 Å². The van der Waals surface area contributed by atoms with E-state index in [9.17, 15) is 5.11 Å². The third kappa shape index (κ3) is 6.80. The summed E-state index contributed by atoms with van der Waals surface area (Å²) in [5.74, 6) is 0.169. The zero-order valence-corrected chi connectivity index (χ0v) is 17.8. The second-order valence-corrected chi connectivity index (χ2v) is 3.47. The Hall–Kier alpha value is -1.26. The van der Waals surface area contributed by atoms with Crippen molar-refractivity contribution in [2.24, 2.45) is 0 Å². The fourth-order valence-corrected chi connectivity index (χ4v) is 1.60. The van der Waals surface area contributed by atoms with Gasteiger partial charge in [-0.15, -0.1) is 15.0 Å². The van der Waals surface area contributed by atoms with Gasteiger partial charge in [-0.05, 0) is 24.3 Å². The predicted molar refractivity (Wildman–Crippen MR) is 96.1 cm³/mol. The molecule has 0 spiro atoms. The topological polar surface area (TPSA) is 50.9 Å². The second kappa shape index (κ2) is 14.3.